The second-order valence-corrected chi connectivity index (χ2v) is 10.8. The number of nitrogens with two attached hydrogens (primary N) is 1. The van der Waals surface area contributed by atoms with Crippen molar-refractivity contribution in [3.8, 4) is 22.7 Å². The van der Waals surface area contributed by atoms with Crippen LogP contribution in [0, 0.1) is 0 Å². The fraction of sp³-hybridized carbons (Fsp3) is 0.241. The van der Waals surface area contributed by atoms with Gasteiger partial charge in [-0.15, -0.1) is 0 Å². The van der Waals surface area contributed by atoms with Crippen LogP contribution in [0.25, 0.3) is 16.9 Å². The first-order valence-electron chi connectivity index (χ1n) is 12.5. The SMILES string of the molecule is COc1ccc(C(=O)CCCCCc2ccc(-c3cc(C(F)(F)F)nn3-c3ccc(S(N)(=O)=O)cc3)cc2)cc1. The number of benzene rings is 3. The third-order valence-corrected chi connectivity index (χ3v) is 7.37. The van der Waals surface area contributed by atoms with Gasteiger partial charge in [0.05, 0.1) is 23.4 Å². The zero-order chi connectivity index (χ0) is 28.9. The Morgan fingerprint density at radius 1 is 0.925 bits per heavy atom. The molecule has 0 aliphatic carbocycles. The van der Waals surface area contributed by atoms with E-state index >= 15 is 0 Å². The van der Waals surface area contributed by atoms with E-state index in [1.165, 1.54) is 24.3 Å². The van der Waals surface area contributed by atoms with Crippen LogP contribution >= 0.6 is 0 Å². The van der Waals surface area contributed by atoms with Crippen molar-refractivity contribution >= 4 is 15.8 Å². The van der Waals surface area contributed by atoms with Crippen LogP contribution in [-0.4, -0.2) is 31.1 Å². The number of ketones is 1. The number of aryl methyl sites for hydroxylation is 1. The topological polar surface area (TPSA) is 104 Å². The van der Waals surface area contributed by atoms with E-state index in [1.54, 1.807) is 43.5 Å². The van der Waals surface area contributed by atoms with Crippen molar-refractivity contribution in [3.05, 3.63) is 95.7 Å². The summed E-state index contributed by atoms with van der Waals surface area (Å²) in [6, 6.07) is 20.3. The number of hydrogen-bond acceptors (Lipinski definition) is 5. The van der Waals surface area contributed by atoms with E-state index in [2.05, 4.69) is 5.10 Å². The largest absolute Gasteiger partial charge is 0.497 e. The summed E-state index contributed by atoms with van der Waals surface area (Å²) in [6.07, 6.45) is -0.961. The summed E-state index contributed by atoms with van der Waals surface area (Å²) < 4.78 is 69.8. The molecule has 0 atom stereocenters. The van der Waals surface area contributed by atoms with Gasteiger partial charge in [-0.25, -0.2) is 18.2 Å². The molecule has 4 rings (SSSR count). The van der Waals surface area contributed by atoms with Crippen molar-refractivity contribution < 1.29 is 31.1 Å². The lowest BCUT2D eigenvalue weighted by Crippen LogP contribution is -2.12. The average molecular weight is 572 g/mol. The maximum absolute atomic E-state index is 13.5. The lowest BCUT2D eigenvalue weighted by Gasteiger charge is -2.09. The first-order chi connectivity index (χ1) is 19.0. The van der Waals surface area contributed by atoms with Crippen LogP contribution in [0.2, 0.25) is 0 Å². The summed E-state index contributed by atoms with van der Waals surface area (Å²) in [4.78, 5) is 12.2. The summed E-state index contributed by atoms with van der Waals surface area (Å²) >= 11 is 0. The minimum Gasteiger partial charge on any atom is -0.497 e. The van der Waals surface area contributed by atoms with Crippen molar-refractivity contribution in [2.24, 2.45) is 5.14 Å². The smallest absolute Gasteiger partial charge is 0.435 e. The molecule has 2 N–H and O–H groups in total. The van der Waals surface area contributed by atoms with Crippen LogP contribution in [-0.2, 0) is 22.6 Å². The predicted molar refractivity (Wildman–Crippen MR) is 145 cm³/mol. The zero-order valence-corrected chi connectivity index (χ0v) is 22.5. The van der Waals surface area contributed by atoms with Gasteiger partial charge in [0.1, 0.15) is 5.75 Å². The van der Waals surface area contributed by atoms with Crippen molar-refractivity contribution in [2.75, 3.05) is 7.11 Å². The van der Waals surface area contributed by atoms with Crippen LogP contribution in [0.15, 0.2) is 83.8 Å². The number of methoxy groups -OCH3 is 1. The highest BCUT2D eigenvalue weighted by Gasteiger charge is 2.35. The molecule has 7 nitrogen and oxygen atoms in total. The average Bonchev–Trinajstić information content (AvgIpc) is 3.39. The van der Waals surface area contributed by atoms with Crippen LogP contribution in [0.4, 0.5) is 13.2 Å². The summed E-state index contributed by atoms with van der Waals surface area (Å²) in [6.45, 7) is 0. The third-order valence-electron chi connectivity index (χ3n) is 6.44. The van der Waals surface area contributed by atoms with Gasteiger partial charge >= 0.3 is 6.18 Å². The van der Waals surface area contributed by atoms with Crippen LogP contribution < -0.4 is 9.88 Å². The number of primary sulfonamides is 1. The minimum atomic E-state index is -4.66. The van der Waals surface area contributed by atoms with E-state index in [4.69, 9.17) is 9.88 Å². The van der Waals surface area contributed by atoms with E-state index in [-0.39, 0.29) is 22.1 Å². The number of Topliss-reactive ketones (excluding diaryl/α,β-unsaturated/α-hetero) is 1. The summed E-state index contributed by atoms with van der Waals surface area (Å²) in [5.74, 6) is 0.785. The highest BCUT2D eigenvalue weighted by atomic mass is 32.2. The van der Waals surface area contributed by atoms with Gasteiger partial charge in [0.2, 0.25) is 10.0 Å². The molecule has 0 aliphatic heterocycles. The van der Waals surface area contributed by atoms with Gasteiger partial charge < -0.3 is 4.74 Å². The molecular formula is C29H28F3N3O4S. The number of hydrogen-bond donors (Lipinski definition) is 1. The molecule has 1 aromatic heterocycles. The van der Waals surface area contributed by atoms with E-state index < -0.39 is 21.9 Å². The number of alkyl halides is 3. The Morgan fingerprint density at radius 3 is 2.15 bits per heavy atom. The fourth-order valence-corrected chi connectivity index (χ4v) is 4.77. The van der Waals surface area contributed by atoms with Gasteiger partial charge in [0.15, 0.2) is 11.5 Å². The molecule has 1 heterocycles. The van der Waals surface area contributed by atoms with E-state index in [1.807, 2.05) is 12.1 Å². The summed E-state index contributed by atoms with van der Waals surface area (Å²) in [5, 5.41) is 8.86. The lowest BCUT2D eigenvalue weighted by atomic mass is 10.0. The molecule has 0 spiro atoms. The monoisotopic (exact) mass is 571 g/mol. The molecule has 4 aromatic rings. The van der Waals surface area contributed by atoms with Crippen LogP contribution in [0.5, 0.6) is 5.75 Å². The third kappa shape index (κ3) is 7.16. The Hall–Kier alpha value is -3.96. The van der Waals surface area contributed by atoms with Crippen molar-refractivity contribution in [3.63, 3.8) is 0 Å². The highest BCUT2D eigenvalue weighted by molar-refractivity contribution is 7.89. The predicted octanol–water partition coefficient (Wildman–Crippen LogP) is 6.20. The summed E-state index contributed by atoms with van der Waals surface area (Å²) in [7, 11) is -2.38. The number of aromatic nitrogens is 2. The fourth-order valence-electron chi connectivity index (χ4n) is 4.25. The summed E-state index contributed by atoms with van der Waals surface area (Å²) in [5.41, 5.74) is 1.60. The number of rotatable bonds is 11. The normalized spacial score (nSPS) is 11.9. The molecular weight excluding hydrogens is 543 g/mol. The molecule has 0 amide bonds. The van der Waals surface area contributed by atoms with Gasteiger partial charge in [-0.3, -0.25) is 4.79 Å². The maximum Gasteiger partial charge on any atom is 0.435 e. The molecule has 0 radical (unpaired) electrons. The van der Waals surface area contributed by atoms with Crippen molar-refractivity contribution in [1.29, 1.82) is 0 Å². The molecule has 0 saturated heterocycles. The number of unbranched alkanes of at least 4 members (excludes halogenated alkanes) is 2. The first-order valence-corrected chi connectivity index (χ1v) is 14.1. The Bertz CT molecular complexity index is 1560. The van der Waals surface area contributed by atoms with Gasteiger partial charge in [-0.05, 0) is 79.4 Å². The van der Waals surface area contributed by atoms with E-state index in [0.717, 1.165) is 42.0 Å². The molecule has 0 unspecified atom stereocenters. The second kappa shape index (κ2) is 12.1. The van der Waals surface area contributed by atoms with E-state index in [9.17, 15) is 26.4 Å². The minimum absolute atomic E-state index is 0.0844. The first kappa shape index (κ1) is 29.0. The molecule has 0 aliphatic rings. The van der Waals surface area contributed by atoms with E-state index in [0.29, 0.717) is 23.3 Å². The second-order valence-electron chi connectivity index (χ2n) is 9.27. The molecule has 3 aromatic carbocycles. The molecule has 11 heteroatoms. The Labute approximate surface area is 230 Å². The standard InChI is InChI=1S/C29H28F3N3O4S/c1-39-24-15-11-22(12-16-24)27(36)6-4-2-3-5-20-7-9-21(10-8-20)26-19-28(29(30,31)32)34-35(26)23-13-17-25(18-14-23)40(33,37)38/h7-19H,2-6H2,1H3,(H2,33,37,38). The zero-order valence-electron chi connectivity index (χ0n) is 21.7. The van der Waals surface area contributed by atoms with Gasteiger partial charge in [0, 0.05) is 17.5 Å². The Balaban J connectivity index is 1.40. The van der Waals surface area contributed by atoms with Crippen LogP contribution in [0.3, 0.4) is 0 Å². The lowest BCUT2D eigenvalue weighted by molar-refractivity contribution is -0.141. The molecule has 0 fully saturated rings. The number of carbonyl (C=O) groups is 1. The quantitative estimate of drug-likeness (QED) is 0.171. The molecule has 0 bridgehead atoms. The van der Waals surface area contributed by atoms with Crippen molar-refractivity contribution in [1.82, 2.24) is 9.78 Å². The number of ether oxygens (including phenoxy) is 1. The van der Waals surface area contributed by atoms with Gasteiger partial charge in [-0.2, -0.15) is 18.3 Å². The molecule has 40 heavy (non-hydrogen) atoms. The number of carbonyl (C=O) groups excluding carboxylic acids is 1. The number of nitrogens with zero attached hydrogens (tertiary/aromatic N) is 2. The van der Waals surface area contributed by atoms with Gasteiger partial charge in [-0.1, -0.05) is 30.7 Å². The molecule has 210 valence electrons. The highest BCUT2D eigenvalue weighted by Crippen LogP contribution is 2.33. The maximum atomic E-state index is 13.5. The van der Waals surface area contributed by atoms with Crippen LogP contribution in [0.1, 0.15) is 47.3 Å². The number of sulfonamides is 1. The van der Waals surface area contributed by atoms with Gasteiger partial charge in [0.25, 0.3) is 0 Å². The Morgan fingerprint density at radius 2 is 1.57 bits per heavy atom. The molecule has 0 saturated carbocycles. The number of halogens is 3. The van der Waals surface area contributed by atoms with Crippen molar-refractivity contribution in [2.45, 2.75) is 43.2 Å². The Kier molecular flexibility index (Phi) is 8.75.